The minimum Gasteiger partial charge on any atom is -0.378 e. The van der Waals surface area contributed by atoms with Gasteiger partial charge in [0.25, 0.3) is 0 Å². The van der Waals surface area contributed by atoms with E-state index in [0.717, 1.165) is 23.3 Å². The first-order valence-corrected chi connectivity index (χ1v) is 7.61. The molecule has 16 heavy (non-hydrogen) atoms. The van der Waals surface area contributed by atoms with E-state index in [1.54, 1.807) is 0 Å². The van der Waals surface area contributed by atoms with Crippen LogP contribution in [0, 0.1) is 0 Å². The number of nitrogens with zero attached hydrogens (tertiary/aromatic N) is 1. The summed E-state index contributed by atoms with van der Waals surface area (Å²) in [7, 11) is 1.88. The van der Waals surface area contributed by atoms with Gasteiger partial charge in [0.05, 0.1) is 0 Å². The Bertz CT molecular complexity index is 459. The third-order valence-corrected chi connectivity index (χ3v) is 6.10. The minimum absolute atomic E-state index is 0.736. The predicted molar refractivity (Wildman–Crippen MR) is 71.5 cm³/mol. The second-order valence-corrected chi connectivity index (χ2v) is 7.67. The van der Waals surface area contributed by atoms with Crippen LogP contribution in [0.2, 0.25) is 0 Å². The van der Waals surface area contributed by atoms with Crippen molar-refractivity contribution in [3.8, 4) is 0 Å². The molecule has 1 unspecified atom stereocenters. The molecule has 86 valence electrons. The molecule has 0 amide bonds. The second-order valence-electron chi connectivity index (χ2n) is 4.69. The Kier molecular flexibility index (Phi) is 2.94. The Morgan fingerprint density at radius 1 is 1.19 bits per heavy atom. The van der Waals surface area contributed by atoms with Gasteiger partial charge in [-0.05, 0) is 31.2 Å². The van der Waals surface area contributed by atoms with E-state index in [0.29, 0.717) is 0 Å². The molecule has 1 atom stereocenters. The standard InChI is InChI=1S/C13H18NOP/c1-11-8-9-16(15,10-11)13-6-4-12(5-7-13)14(2)3/h4-8H,9-10H2,1-3H3. The average molecular weight is 235 g/mol. The van der Waals surface area contributed by atoms with Gasteiger partial charge in [-0.1, -0.05) is 11.6 Å². The molecule has 2 nitrogen and oxygen atoms in total. The van der Waals surface area contributed by atoms with Gasteiger partial charge in [-0.25, -0.2) is 0 Å². The zero-order chi connectivity index (χ0) is 11.8. The first-order chi connectivity index (χ1) is 7.51. The summed E-state index contributed by atoms with van der Waals surface area (Å²) < 4.78 is 12.6. The van der Waals surface area contributed by atoms with Gasteiger partial charge >= 0.3 is 0 Å². The van der Waals surface area contributed by atoms with Gasteiger partial charge < -0.3 is 9.46 Å². The number of benzene rings is 1. The lowest BCUT2D eigenvalue weighted by Crippen LogP contribution is -2.11. The van der Waals surface area contributed by atoms with E-state index >= 15 is 0 Å². The Hall–Kier alpha value is -1.01. The van der Waals surface area contributed by atoms with Crippen LogP contribution in [0.3, 0.4) is 0 Å². The second kappa shape index (κ2) is 4.10. The molecule has 1 aromatic carbocycles. The molecule has 0 aromatic heterocycles. The van der Waals surface area contributed by atoms with E-state index in [9.17, 15) is 4.57 Å². The van der Waals surface area contributed by atoms with Gasteiger partial charge in [0.2, 0.25) is 0 Å². The van der Waals surface area contributed by atoms with Crippen LogP contribution in [0.4, 0.5) is 5.69 Å². The molecule has 2 rings (SSSR count). The molecule has 0 spiro atoms. The Labute approximate surface area is 97.3 Å². The van der Waals surface area contributed by atoms with Gasteiger partial charge in [-0.3, -0.25) is 0 Å². The molecule has 1 aliphatic heterocycles. The first kappa shape index (κ1) is 11.5. The summed E-state index contributed by atoms with van der Waals surface area (Å²) in [5.41, 5.74) is 2.42. The van der Waals surface area contributed by atoms with Crippen molar-refractivity contribution in [2.24, 2.45) is 0 Å². The summed E-state index contributed by atoms with van der Waals surface area (Å²) >= 11 is 0. The Balaban J connectivity index is 2.26. The number of rotatable bonds is 2. The van der Waals surface area contributed by atoms with Crippen molar-refractivity contribution in [1.82, 2.24) is 0 Å². The van der Waals surface area contributed by atoms with E-state index in [-0.39, 0.29) is 0 Å². The van der Waals surface area contributed by atoms with Gasteiger partial charge in [-0.2, -0.15) is 0 Å². The fraction of sp³-hybridized carbons (Fsp3) is 0.385. The smallest absolute Gasteiger partial charge is 0.123 e. The first-order valence-electron chi connectivity index (χ1n) is 5.53. The Morgan fingerprint density at radius 3 is 2.25 bits per heavy atom. The monoisotopic (exact) mass is 235 g/mol. The number of hydrogen-bond acceptors (Lipinski definition) is 2. The molecule has 3 heteroatoms. The fourth-order valence-electron chi connectivity index (χ4n) is 2.05. The lowest BCUT2D eigenvalue weighted by atomic mass is 10.3. The van der Waals surface area contributed by atoms with Crippen LogP contribution in [0.15, 0.2) is 35.9 Å². The van der Waals surface area contributed by atoms with Crippen LogP contribution in [-0.4, -0.2) is 26.4 Å². The van der Waals surface area contributed by atoms with E-state index in [4.69, 9.17) is 0 Å². The maximum atomic E-state index is 12.6. The summed E-state index contributed by atoms with van der Waals surface area (Å²) in [5.74, 6) is 0. The highest BCUT2D eigenvalue weighted by atomic mass is 31.2. The van der Waals surface area contributed by atoms with Crippen LogP contribution in [0.1, 0.15) is 6.92 Å². The normalized spacial score (nSPS) is 24.3. The number of hydrogen-bond donors (Lipinski definition) is 0. The molecule has 0 fully saturated rings. The number of anilines is 1. The van der Waals surface area contributed by atoms with Crippen LogP contribution >= 0.6 is 7.14 Å². The van der Waals surface area contributed by atoms with Crippen molar-refractivity contribution in [1.29, 1.82) is 0 Å². The third-order valence-electron chi connectivity index (χ3n) is 3.08. The Morgan fingerprint density at radius 2 is 1.81 bits per heavy atom. The molecule has 0 radical (unpaired) electrons. The summed E-state index contributed by atoms with van der Waals surface area (Å²) in [6.07, 6.45) is 3.61. The van der Waals surface area contributed by atoms with Crippen molar-refractivity contribution in [2.45, 2.75) is 6.92 Å². The minimum atomic E-state index is -2.14. The highest BCUT2D eigenvalue weighted by Crippen LogP contribution is 2.50. The molecule has 0 N–H and O–H groups in total. The van der Waals surface area contributed by atoms with Crippen molar-refractivity contribution < 1.29 is 4.57 Å². The molecule has 0 saturated carbocycles. The van der Waals surface area contributed by atoms with Gasteiger partial charge in [0.15, 0.2) is 0 Å². The zero-order valence-electron chi connectivity index (χ0n) is 10.1. The average Bonchev–Trinajstić information content (AvgIpc) is 2.60. The predicted octanol–water partition coefficient (Wildman–Crippen LogP) is 2.70. The molecule has 0 saturated heterocycles. The highest BCUT2D eigenvalue weighted by molar-refractivity contribution is 7.72. The van der Waals surface area contributed by atoms with Crippen molar-refractivity contribution in [3.05, 3.63) is 35.9 Å². The van der Waals surface area contributed by atoms with Gasteiger partial charge in [0.1, 0.15) is 7.14 Å². The molecule has 1 heterocycles. The van der Waals surface area contributed by atoms with Gasteiger partial charge in [0, 0.05) is 37.4 Å². The molecule has 0 aliphatic carbocycles. The van der Waals surface area contributed by atoms with E-state index in [2.05, 4.69) is 17.9 Å². The van der Waals surface area contributed by atoms with Crippen LogP contribution in [0.5, 0.6) is 0 Å². The van der Waals surface area contributed by atoms with Crippen LogP contribution < -0.4 is 10.2 Å². The van der Waals surface area contributed by atoms with E-state index in [1.165, 1.54) is 5.57 Å². The van der Waals surface area contributed by atoms with Crippen molar-refractivity contribution >= 4 is 18.1 Å². The lowest BCUT2D eigenvalue weighted by molar-refractivity contribution is 0.585. The maximum absolute atomic E-state index is 12.6. The van der Waals surface area contributed by atoms with Crippen LogP contribution in [-0.2, 0) is 4.57 Å². The largest absolute Gasteiger partial charge is 0.378 e. The van der Waals surface area contributed by atoms with Crippen molar-refractivity contribution in [3.63, 3.8) is 0 Å². The maximum Gasteiger partial charge on any atom is 0.123 e. The molecule has 1 aromatic rings. The summed E-state index contributed by atoms with van der Waals surface area (Å²) in [6, 6.07) is 8.12. The SMILES string of the molecule is CC1=CCP(=O)(c2ccc(N(C)C)cc2)C1. The molecule has 0 bridgehead atoms. The van der Waals surface area contributed by atoms with E-state index in [1.807, 2.05) is 38.4 Å². The van der Waals surface area contributed by atoms with Gasteiger partial charge in [-0.15, -0.1) is 0 Å². The molecular formula is C13H18NOP. The quantitative estimate of drug-likeness (QED) is 0.580. The summed E-state index contributed by atoms with van der Waals surface area (Å²) in [6.45, 7) is 2.06. The third kappa shape index (κ3) is 2.08. The fourth-order valence-corrected chi connectivity index (χ4v) is 4.81. The van der Waals surface area contributed by atoms with Crippen molar-refractivity contribution in [2.75, 3.05) is 31.3 Å². The summed E-state index contributed by atoms with van der Waals surface area (Å²) in [4.78, 5) is 2.05. The lowest BCUT2D eigenvalue weighted by Gasteiger charge is -2.16. The summed E-state index contributed by atoms with van der Waals surface area (Å²) in [5, 5.41) is 1.02. The topological polar surface area (TPSA) is 20.3 Å². The zero-order valence-corrected chi connectivity index (χ0v) is 11.0. The highest BCUT2D eigenvalue weighted by Gasteiger charge is 2.28. The van der Waals surface area contributed by atoms with Crippen LogP contribution in [0.25, 0.3) is 0 Å². The molecular weight excluding hydrogens is 217 g/mol. The molecule has 1 aliphatic rings. The number of allylic oxidation sites excluding steroid dienone is 2. The van der Waals surface area contributed by atoms with E-state index < -0.39 is 7.14 Å².